The summed E-state index contributed by atoms with van der Waals surface area (Å²) in [7, 11) is 0. The van der Waals surface area contributed by atoms with Crippen LogP contribution in [0.1, 0.15) is 26.2 Å². The Morgan fingerprint density at radius 1 is 1.41 bits per heavy atom. The average molecular weight is 308 g/mol. The van der Waals surface area contributed by atoms with Crippen molar-refractivity contribution < 1.29 is 13.9 Å². The van der Waals surface area contributed by atoms with Gasteiger partial charge < -0.3 is 10.1 Å². The van der Waals surface area contributed by atoms with Crippen molar-refractivity contribution in [2.75, 3.05) is 25.1 Å². The Morgan fingerprint density at radius 2 is 2.27 bits per heavy atom. The number of nitrogens with one attached hydrogen (secondary N) is 3. The molecule has 0 fully saturated rings. The molecule has 2 rings (SSSR count). The standard InChI is InChI=1S/C15H21FN4O2/c1-2-3-8-17-15(21)18-14-12-10-11(22-9-4-7-16)5-6-13(12)19-20-14/h5-6,10H,2-4,7-9H2,1H3,(H3,17,18,19,20,21). The van der Waals surface area contributed by atoms with Gasteiger partial charge in [-0.2, -0.15) is 5.10 Å². The minimum Gasteiger partial charge on any atom is -0.493 e. The fourth-order valence-corrected chi connectivity index (χ4v) is 1.95. The Labute approximate surface area is 128 Å². The lowest BCUT2D eigenvalue weighted by Gasteiger charge is -2.06. The second kappa shape index (κ2) is 8.21. The van der Waals surface area contributed by atoms with Crippen LogP contribution in [-0.2, 0) is 0 Å². The second-order valence-electron chi connectivity index (χ2n) is 4.91. The number of anilines is 1. The minimum absolute atomic E-state index is 0.286. The molecule has 6 nitrogen and oxygen atoms in total. The number of nitrogens with zero attached hydrogens (tertiary/aromatic N) is 1. The third-order valence-corrected chi connectivity index (χ3v) is 3.13. The largest absolute Gasteiger partial charge is 0.493 e. The van der Waals surface area contributed by atoms with Gasteiger partial charge in [-0.25, -0.2) is 4.79 Å². The Balaban J connectivity index is 2.03. The number of benzene rings is 1. The van der Waals surface area contributed by atoms with Crippen LogP contribution >= 0.6 is 0 Å². The summed E-state index contributed by atoms with van der Waals surface area (Å²) in [4.78, 5) is 11.8. The highest BCUT2D eigenvalue weighted by molar-refractivity contribution is 5.99. The molecule has 1 aromatic carbocycles. The van der Waals surface area contributed by atoms with Crippen LogP contribution in [-0.4, -0.2) is 36.1 Å². The van der Waals surface area contributed by atoms with Crippen molar-refractivity contribution in [1.29, 1.82) is 0 Å². The van der Waals surface area contributed by atoms with Crippen molar-refractivity contribution in [3.63, 3.8) is 0 Å². The number of fused-ring (bicyclic) bond motifs is 1. The molecule has 1 aromatic heterocycles. The predicted octanol–water partition coefficient (Wildman–Crippen LogP) is 3.22. The maximum atomic E-state index is 12.1. The third kappa shape index (κ3) is 4.34. The molecule has 0 bridgehead atoms. The van der Waals surface area contributed by atoms with Gasteiger partial charge in [-0.15, -0.1) is 0 Å². The lowest BCUT2D eigenvalue weighted by Crippen LogP contribution is -2.29. The molecule has 0 aliphatic rings. The van der Waals surface area contributed by atoms with Crippen molar-refractivity contribution in [2.24, 2.45) is 0 Å². The molecule has 2 amide bonds. The lowest BCUT2D eigenvalue weighted by atomic mass is 10.2. The summed E-state index contributed by atoms with van der Waals surface area (Å²) < 4.78 is 17.5. The van der Waals surface area contributed by atoms with Gasteiger partial charge in [-0.3, -0.25) is 14.8 Å². The van der Waals surface area contributed by atoms with Gasteiger partial charge in [-0.1, -0.05) is 13.3 Å². The predicted molar refractivity (Wildman–Crippen MR) is 84.1 cm³/mol. The molecule has 0 aliphatic heterocycles. The Bertz CT molecular complexity index is 615. The molecule has 22 heavy (non-hydrogen) atoms. The summed E-state index contributed by atoms with van der Waals surface area (Å²) in [6.07, 6.45) is 2.31. The molecular formula is C15H21FN4O2. The molecule has 7 heteroatoms. The third-order valence-electron chi connectivity index (χ3n) is 3.13. The van der Waals surface area contributed by atoms with E-state index in [-0.39, 0.29) is 6.03 Å². The first kappa shape index (κ1) is 16.1. The fourth-order valence-electron chi connectivity index (χ4n) is 1.95. The molecular weight excluding hydrogens is 287 g/mol. The molecule has 0 atom stereocenters. The average Bonchev–Trinajstić information content (AvgIpc) is 2.90. The molecule has 0 spiro atoms. The molecule has 0 radical (unpaired) electrons. The summed E-state index contributed by atoms with van der Waals surface area (Å²) in [5.41, 5.74) is 0.793. The normalized spacial score (nSPS) is 10.6. The number of ether oxygens (including phenoxy) is 1. The van der Waals surface area contributed by atoms with Crippen LogP contribution in [0.25, 0.3) is 10.9 Å². The Hall–Kier alpha value is -2.31. The molecule has 0 aliphatic carbocycles. The topological polar surface area (TPSA) is 79.0 Å². The van der Waals surface area contributed by atoms with Crippen LogP contribution in [0, 0.1) is 0 Å². The lowest BCUT2D eigenvalue weighted by molar-refractivity contribution is 0.252. The number of hydrogen-bond donors (Lipinski definition) is 3. The number of unbranched alkanes of at least 4 members (excludes halogenated alkanes) is 1. The number of aromatic amines is 1. The maximum absolute atomic E-state index is 12.1. The second-order valence-corrected chi connectivity index (χ2v) is 4.91. The van der Waals surface area contributed by atoms with E-state index in [4.69, 9.17) is 4.74 Å². The van der Waals surface area contributed by atoms with E-state index in [1.165, 1.54) is 0 Å². The smallest absolute Gasteiger partial charge is 0.320 e. The molecule has 0 saturated carbocycles. The quantitative estimate of drug-likeness (QED) is 0.655. The first-order valence-corrected chi connectivity index (χ1v) is 7.46. The highest BCUT2D eigenvalue weighted by Crippen LogP contribution is 2.25. The minimum atomic E-state index is -0.404. The molecule has 0 unspecified atom stereocenters. The molecule has 2 aromatic rings. The van der Waals surface area contributed by atoms with Crippen LogP contribution in [0.4, 0.5) is 15.0 Å². The van der Waals surface area contributed by atoms with E-state index in [0.29, 0.717) is 31.1 Å². The zero-order valence-electron chi connectivity index (χ0n) is 12.6. The highest BCUT2D eigenvalue weighted by Gasteiger charge is 2.10. The van der Waals surface area contributed by atoms with Crippen molar-refractivity contribution >= 4 is 22.8 Å². The van der Waals surface area contributed by atoms with Crippen molar-refractivity contribution in [3.05, 3.63) is 18.2 Å². The number of carbonyl (C=O) groups is 1. The van der Waals surface area contributed by atoms with Crippen LogP contribution in [0.5, 0.6) is 5.75 Å². The van der Waals surface area contributed by atoms with Crippen LogP contribution in [0.15, 0.2) is 18.2 Å². The molecule has 3 N–H and O–H groups in total. The first-order chi connectivity index (χ1) is 10.7. The molecule has 1 heterocycles. The van der Waals surface area contributed by atoms with E-state index in [9.17, 15) is 9.18 Å². The monoisotopic (exact) mass is 308 g/mol. The van der Waals surface area contributed by atoms with E-state index >= 15 is 0 Å². The number of amides is 2. The number of alkyl halides is 1. The highest BCUT2D eigenvalue weighted by atomic mass is 19.1. The van der Waals surface area contributed by atoms with Gasteiger partial charge in [0, 0.05) is 18.4 Å². The van der Waals surface area contributed by atoms with Gasteiger partial charge in [0.1, 0.15) is 5.75 Å². The fraction of sp³-hybridized carbons (Fsp3) is 0.467. The zero-order chi connectivity index (χ0) is 15.8. The SMILES string of the molecule is CCCCNC(=O)Nc1n[nH]c2ccc(OCCCF)cc12. The van der Waals surface area contributed by atoms with E-state index in [1.54, 1.807) is 12.1 Å². The number of rotatable bonds is 8. The maximum Gasteiger partial charge on any atom is 0.320 e. The molecule has 0 saturated heterocycles. The van der Waals surface area contributed by atoms with Crippen molar-refractivity contribution in [2.45, 2.75) is 26.2 Å². The van der Waals surface area contributed by atoms with Crippen molar-refractivity contribution in [1.82, 2.24) is 15.5 Å². The number of urea groups is 1. The Kier molecular flexibility index (Phi) is 6.00. The first-order valence-electron chi connectivity index (χ1n) is 7.46. The summed E-state index contributed by atoms with van der Waals surface area (Å²) >= 11 is 0. The number of hydrogen-bond acceptors (Lipinski definition) is 3. The summed E-state index contributed by atoms with van der Waals surface area (Å²) in [6.45, 7) is 2.60. The van der Waals surface area contributed by atoms with Gasteiger partial charge in [0.25, 0.3) is 0 Å². The number of carbonyl (C=O) groups excluding carboxylic acids is 1. The summed E-state index contributed by atoms with van der Waals surface area (Å²) in [5, 5.41) is 13.2. The van der Waals surface area contributed by atoms with Gasteiger partial charge >= 0.3 is 6.03 Å². The van der Waals surface area contributed by atoms with Crippen molar-refractivity contribution in [3.8, 4) is 5.75 Å². The van der Waals surface area contributed by atoms with Gasteiger partial charge in [0.05, 0.1) is 18.8 Å². The number of halogens is 1. The van der Waals surface area contributed by atoms with Crippen LogP contribution in [0.2, 0.25) is 0 Å². The molecule has 120 valence electrons. The summed E-state index contributed by atoms with van der Waals surface area (Å²) in [6, 6.07) is 5.08. The van der Waals surface area contributed by atoms with Gasteiger partial charge in [0.15, 0.2) is 5.82 Å². The van der Waals surface area contributed by atoms with Crippen LogP contribution in [0.3, 0.4) is 0 Å². The van der Waals surface area contributed by atoms with Crippen LogP contribution < -0.4 is 15.4 Å². The van der Waals surface area contributed by atoms with E-state index in [2.05, 4.69) is 27.8 Å². The van der Waals surface area contributed by atoms with E-state index < -0.39 is 6.67 Å². The van der Waals surface area contributed by atoms with E-state index in [0.717, 1.165) is 23.7 Å². The van der Waals surface area contributed by atoms with Gasteiger partial charge in [-0.05, 0) is 24.6 Å². The zero-order valence-corrected chi connectivity index (χ0v) is 12.6. The summed E-state index contributed by atoms with van der Waals surface area (Å²) in [5.74, 6) is 1.07. The van der Waals surface area contributed by atoms with E-state index in [1.807, 2.05) is 6.07 Å². The number of H-pyrrole nitrogens is 1. The number of aromatic nitrogens is 2. The Morgan fingerprint density at radius 3 is 3.05 bits per heavy atom. The van der Waals surface area contributed by atoms with Gasteiger partial charge in [0.2, 0.25) is 0 Å².